The molecule has 12 heavy (non-hydrogen) atoms. The molecule has 0 aromatic heterocycles. The van der Waals surface area contributed by atoms with Crippen molar-refractivity contribution in [3.8, 4) is 0 Å². The van der Waals surface area contributed by atoms with E-state index >= 15 is 0 Å². The van der Waals surface area contributed by atoms with Gasteiger partial charge in [-0.25, -0.2) is 0 Å². The normalized spacial score (nSPS) is 38.0. The van der Waals surface area contributed by atoms with Crippen LogP contribution in [0.1, 0.15) is 25.7 Å². The van der Waals surface area contributed by atoms with E-state index in [1.54, 1.807) is 0 Å². The fraction of sp³-hybridized carbons (Fsp3) is 1.00. The number of hydrogen-bond acceptors (Lipinski definition) is 2. The van der Waals surface area contributed by atoms with E-state index < -0.39 is 0 Å². The highest BCUT2D eigenvalue weighted by Gasteiger charge is 2.14. The second-order valence-electron chi connectivity index (χ2n) is 4.10. The molecule has 3 rings (SSSR count). The summed E-state index contributed by atoms with van der Waals surface area (Å²) in [5, 5.41) is 0. The van der Waals surface area contributed by atoms with Crippen LogP contribution in [0.15, 0.2) is 0 Å². The minimum atomic E-state index is 1.34. The van der Waals surface area contributed by atoms with Crippen molar-refractivity contribution >= 4 is 0 Å². The van der Waals surface area contributed by atoms with Crippen LogP contribution in [-0.2, 0) is 0 Å². The summed E-state index contributed by atoms with van der Waals surface area (Å²) in [4.78, 5) is 5.31. The van der Waals surface area contributed by atoms with Crippen molar-refractivity contribution in [2.45, 2.75) is 25.7 Å². The zero-order chi connectivity index (χ0) is 8.23. The highest BCUT2D eigenvalue weighted by atomic mass is 15.2. The Hall–Kier alpha value is -0.0800. The Balaban J connectivity index is 1.96. The first-order valence-corrected chi connectivity index (χ1v) is 5.40. The Morgan fingerprint density at radius 2 is 0.750 bits per heavy atom. The maximum atomic E-state index is 2.66. The first-order chi connectivity index (χ1) is 5.95. The summed E-state index contributed by atoms with van der Waals surface area (Å²) in [7, 11) is 0. The van der Waals surface area contributed by atoms with Gasteiger partial charge in [0.1, 0.15) is 0 Å². The van der Waals surface area contributed by atoms with Gasteiger partial charge < -0.3 is 9.80 Å². The van der Waals surface area contributed by atoms with E-state index in [0.29, 0.717) is 0 Å². The van der Waals surface area contributed by atoms with Crippen molar-refractivity contribution in [3.05, 3.63) is 0 Å². The monoisotopic (exact) mass is 168 g/mol. The van der Waals surface area contributed by atoms with Gasteiger partial charge in [0.15, 0.2) is 0 Å². The number of fused-ring (bicyclic) bond motifs is 7. The molecule has 0 unspecified atom stereocenters. The van der Waals surface area contributed by atoms with Crippen molar-refractivity contribution in [3.63, 3.8) is 0 Å². The van der Waals surface area contributed by atoms with Crippen LogP contribution in [0.5, 0.6) is 0 Å². The molecule has 2 heteroatoms. The Labute approximate surface area is 75.5 Å². The molecule has 3 fully saturated rings. The highest BCUT2D eigenvalue weighted by Crippen LogP contribution is 2.09. The van der Waals surface area contributed by atoms with Crippen molar-refractivity contribution in [2.75, 3.05) is 39.3 Å². The van der Waals surface area contributed by atoms with Gasteiger partial charge in [0.2, 0.25) is 0 Å². The fourth-order valence-corrected chi connectivity index (χ4v) is 2.38. The molecule has 0 aromatic carbocycles. The van der Waals surface area contributed by atoms with Crippen LogP contribution in [0.3, 0.4) is 0 Å². The van der Waals surface area contributed by atoms with Crippen LogP contribution < -0.4 is 0 Å². The molecule has 0 spiro atoms. The summed E-state index contributed by atoms with van der Waals surface area (Å²) in [5.74, 6) is 0. The Bertz CT molecular complexity index is 106. The summed E-state index contributed by atoms with van der Waals surface area (Å²) in [6.45, 7) is 8.09. The van der Waals surface area contributed by atoms with Gasteiger partial charge in [-0.15, -0.1) is 0 Å². The van der Waals surface area contributed by atoms with E-state index in [-0.39, 0.29) is 0 Å². The molecule has 0 N–H and O–H groups in total. The third kappa shape index (κ3) is 2.20. The topological polar surface area (TPSA) is 6.48 Å². The van der Waals surface area contributed by atoms with Crippen LogP contribution in [0.25, 0.3) is 0 Å². The standard InChI is InChI=1S/C10H20N2/c1-2-6-12-9-3-7-11(5-1)8-4-10-12/h1-10H2. The molecule has 3 heterocycles. The molecule has 3 aliphatic heterocycles. The minimum absolute atomic E-state index is 1.34. The summed E-state index contributed by atoms with van der Waals surface area (Å²) >= 11 is 0. The van der Waals surface area contributed by atoms with Gasteiger partial charge in [0.05, 0.1) is 0 Å². The molecule has 2 bridgehead atoms. The second kappa shape index (κ2) is 4.24. The smallest absolute Gasteiger partial charge is 0.000654 e. The lowest BCUT2D eigenvalue weighted by Crippen LogP contribution is -2.35. The van der Waals surface area contributed by atoms with Crippen LogP contribution >= 0.6 is 0 Å². The van der Waals surface area contributed by atoms with E-state index in [1.165, 1.54) is 65.0 Å². The summed E-state index contributed by atoms with van der Waals surface area (Å²) < 4.78 is 0. The Morgan fingerprint density at radius 1 is 0.417 bits per heavy atom. The van der Waals surface area contributed by atoms with Crippen LogP contribution in [-0.4, -0.2) is 49.1 Å². The summed E-state index contributed by atoms with van der Waals surface area (Å²) in [5.41, 5.74) is 0. The molecule has 2 nitrogen and oxygen atoms in total. The van der Waals surface area contributed by atoms with Crippen LogP contribution in [0.2, 0.25) is 0 Å². The highest BCUT2D eigenvalue weighted by molar-refractivity contribution is 4.70. The van der Waals surface area contributed by atoms with Gasteiger partial charge in [0, 0.05) is 0 Å². The number of hydrogen-bond donors (Lipinski definition) is 0. The quantitative estimate of drug-likeness (QED) is 0.536. The minimum Gasteiger partial charge on any atom is -0.303 e. The third-order valence-corrected chi connectivity index (χ3v) is 3.10. The van der Waals surface area contributed by atoms with E-state index in [4.69, 9.17) is 0 Å². The number of nitrogens with zero attached hydrogens (tertiary/aromatic N) is 2. The average molecular weight is 168 g/mol. The molecular formula is C10H20N2. The largest absolute Gasteiger partial charge is 0.303 e. The van der Waals surface area contributed by atoms with E-state index in [1.807, 2.05) is 0 Å². The molecule has 3 aliphatic rings. The van der Waals surface area contributed by atoms with Crippen LogP contribution in [0, 0.1) is 0 Å². The van der Waals surface area contributed by atoms with E-state index in [2.05, 4.69) is 9.80 Å². The Morgan fingerprint density at radius 3 is 1.17 bits per heavy atom. The lowest BCUT2D eigenvalue weighted by atomic mass is 10.2. The van der Waals surface area contributed by atoms with Crippen molar-refractivity contribution in [1.82, 2.24) is 9.80 Å². The first kappa shape index (κ1) is 8.52. The molecule has 70 valence electrons. The van der Waals surface area contributed by atoms with Crippen molar-refractivity contribution < 1.29 is 0 Å². The third-order valence-electron chi connectivity index (χ3n) is 3.10. The number of rotatable bonds is 0. The maximum Gasteiger partial charge on any atom is -0.000654 e. The molecule has 0 atom stereocenters. The van der Waals surface area contributed by atoms with E-state index in [9.17, 15) is 0 Å². The SMILES string of the molecule is C1CCN2CCCN(C1)CCC2. The van der Waals surface area contributed by atoms with Gasteiger partial charge in [-0.3, -0.25) is 0 Å². The zero-order valence-electron chi connectivity index (χ0n) is 7.97. The molecule has 3 saturated heterocycles. The van der Waals surface area contributed by atoms with E-state index in [0.717, 1.165) is 0 Å². The molecule has 0 saturated carbocycles. The fourth-order valence-electron chi connectivity index (χ4n) is 2.38. The van der Waals surface area contributed by atoms with Crippen molar-refractivity contribution in [1.29, 1.82) is 0 Å². The molecule has 0 aromatic rings. The maximum absolute atomic E-state index is 2.66. The van der Waals surface area contributed by atoms with Gasteiger partial charge in [0.25, 0.3) is 0 Å². The average Bonchev–Trinajstić information content (AvgIpc) is 2.18. The lowest BCUT2D eigenvalue weighted by molar-refractivity contribution is 0.204. The lowest BCUT2D eigenvalue weighted by Gasteiger charge is -2.27. The van der Waals surface area contributed by atoms with Gasteiger partial charge in [-0.05, 0) is 65.0 Å². The van der Waals surface area contributed by atoms with Gasteiger partial charge in [-0.2, -0.15) is 0 Å². The van der Waals surface area contributed by atoms with Gasteiger partial charge in [-0.1, -0.05) is 0 Å². The molecule has 0 radical (unpaired) electrons. The molecular weight excluding hydrogens is 148 g/mol. The molecule has 0 amide bonds. The first-order valence-electron chi connectivity index (χ1n) is 5.40. The van der Waals surface area contributed by atoms with Gasteiger partial charge >= 0.3 is 0 Å². The van der Waals surface area contributed by atoms with Crippen LogP contribution in [0.4, 0.5) is 0 Å². The predicted octanol–water partition coefficient (Wildman–Crippen LogP) is 1.18. The molecule has 0 aliphatic carbocycles. The Kier molecular flexibility index (Phi) is 3.01. The predicted molar refractivity (Wildman–Crippen MR) is 51.3 cm³/mol. The van der Waals surface area contributed by atoms with Crippen molar-refractivity contribution in [2.24, 2.45) is 0 Å². The second-order valence-corrected chi connectivity index (χ2v) is 4.10. The summed E-state index contributed by atoms with van der Waals surface area (Å²) in [6, 6.07) is 0. The summed E-state index contributed by atoms with van der Waals surface area (Å²) in [6.07, 6.45) is 5.60. The zero-order valence-corrected chi connectivity index (χ0v) is 7.97.